The molecule has 7 heteroatoms. The minimum absolute atomic E-state index is 0.294. The van der Waals surface area contributed by atoms with Gasteiger partial charge in [-0.15, -0.1) is 0 Å². The van der Waals surface area contributed by atoms with E-state index >= 15 is 0 Å². The van der Waals surface area contributed by atoms with Gasteiger partial charge >= 0.3 is 0 Å². The second kappa shape index (κ2) is 5.82. The van der Waals surface area contributed by atoms with E-state index in [2.05, 4.69) is 15.1 Å². The van der Waals surface area contributed by atoms with Crippen molar-refractivity contribution in [3.05, 3.63) is 71.7 Å². The number of pyridine rings is 2. The summed E-state index contributed by atoms with van der Waals surface area (Å²) in [5.74, 6) is -0.731. The fraction of sp³-hybridized carbons (Fsp3) is 0.0952. The summed E-state index contributed by atoms with van der Waals surface area (Å²) >= 11 is 0. The molecule has 136 valence electrons. The van der Waals surface area contributed by atoms with Crippen LogP contribution in [0.3, 0.4) is 0 Å². The molecule has 0 saturated carbocycles. The molecule has 3 aromatic heterocycles. The molecule has 0 saturated heterocycles. The molecule has 2 amide bonds. The first-order valence-electron chi connectivity index (χ1n) is 8.78. The number of fused-ring (bicyclic) bond motifs is 3. The molecule has 0 aliphatic carbocycles. The topological polar surface area (TPSA) is 81.0 Å². The fourth-order valence-electron chi connectivity index (χ4n) is 3.64. The normalized spacial score (nSPS) is 13.4. The quantitative estimate of drug-likeness (QED) is 0.507. The first-order valence-corrected chi connectivity index (χ1v) is 8.78. The molecule has 1 aliphatic heterocycles. The number of nitrogens with zero attached hydrogens (tertiary/aromatic N) is 5. The Kier molecular flexibility index (Phi) is 3.39. The number of aromatic nitrogens is 4. The number of hydrogen-bond donors (Lipinski definition) is 0. The minimum atomic E-state index is -0.371. The molecule has 0 unspecified atom stereocenters. The van der Waals surface area contributed by atoms with Gasteiger partial charge < -0.3 is 0 Å². The highest BCUT2D eigenvalue weighted by Gasteiger charge is 2.40. The van der Waals surface area contributed by atoms with Crippen molar-refractivity contribution in [1.82, 2.24) is 19.7 Å². The standard InChI is InChI=1S/C21H15N5O2/c1-12-4-3-5-14(10-12)26-20(27)15-11-23-19-17(16(15)21(26)28)18(24-25(19)2)13-6-8-22-9-7-13/h3-11H,1-2H3. The van der Waals surface area contributed by atoms with Gasteiger partial charge in [-0.05, 0) is 36.8 Å². The van der Waals surface area contributed by atoms with Gasteiger partial charge in [-0.1, -0.05) is 12.1 Å². The minimum Gasteiger partial charge on any atom is -0.268 e. The van der Waals surface area contributed by atoms with Crippen LogP contribution in [0.2, 0.25) is 0 Å². The Hall–Kier alpha value is -3.87. The van der Waals surface area contributed by atoms with E-state index in [0.29, 0.717) is 33.5 Å². The van der Waals surface area contributed by atoms with Gasteiger partial charge in [0.1, 0.15) is 5.69 Å². The van der Waals surface area contributed by atoms with Crippen LogP contribution in [-0.4, -0.2) is 31.6 Å². The molecule has 28 heavy (non-hydrogen) atoms. The number of rotatable bonds is 2. The zero-order valence-corrected chi connectivity index (χ0v) is 15.2. The van der Waals surface area contributed by atoms with E-state index in [4.69, 9.17) is 0 Å². The predicted octanol–water partition coefficient (Wildman–Crippen LogP) is 3.14. The third-order valence-corrected chi connectivity index (χ3v) is 4.92. The first kappa shape index (κ1) is 16.3. The fourth-order valence-corrected chi connectivity index (χ4v) is 3.64. The molecule has 0 spiro atoms. The number of imide groups is 1. The van der Waals surface area contributed by atoms with Gasteiger partial charge in [-0.2, -0.15) is 5.10 Å². The SMILES string of the molecule is Cc1cccc(N2C(=O)c3cnc4c(c(-c5ccncc5)nn4C)c3C2=O)c1. The van der Waals surface area contributed by atoms with E-state index in [-0.39, 0.29) is 11.8 Å². The molecule has 0 radical (unpaired) electrons. The zero-order valence-electron chi connectivity index (χ0n) is 15.2. The van der Waals surface area contributed by atoms with Crippen molar-refractivity contribution in [2.75, 3.05) is 4.90 Å². The lowest BCUT2D eigenvalue weighted by molar-refractivity contribution is 0.0926. The Morgan fingerprint density at radius 1 is 1.00 bits per heavy atom. The lowest BCUT2D eigenvalue weighted by Crippen LogP contribution is -2.29. The molecule has 1 aliphatic rings. The van der Waals surface area contributed by atoms with Crippen LogP contribution in [0, 0.1) is 6.92 Å². The summed E-state index contributed by atoms with van der Waals surface area (Å²) in [6.45, 7) is 1.92. The van der Waals surface area contributed by atoms with Crippen molar-refractivity contribution in [2.45, 2.75) is 6.92 Å². The van der Waals surface area contributed by atoms with E-state index in [1.54, 1.807) is 30.2 Å². The Labute approximate surface area is 160 Å². The molecular formula is C21H15N5O2. The lowest BCUT2D eigenvalue weighted by Gasteiger charge is -2.14. The number of hydrogen-bond acceptors (Lipinski definition) is 5. The van der Waals surface area contributed by atoms with E-state index in [1.165, 1.54) is 11.1 Å². The molecule has 4 aromatic rings. The van der Waals surface area contributed by atoms with Gasteiger partial charge in [0.25, 0.3) is 11.8 Å². The van der Waals surface area contributed by atoms with Crippen molar-refractivity contribution in [3.8, 4) is 11.3 Å². The molecular weight excluding hydrogens is 354 g/mol. The van der Waals surface area contributed by atoms with E-state index in [1.807, 2.05) is 37.3 Å². The molecule has 4 heterocycles. The van der Waals surface area contributed by atoms with Gasteiger partial charge in [0.15, 0.2) is 5.65 Å². The lowest BCUT2D eigenvalue weighted by atomic mass is 10.0. The van der Waals surface area contributed by atoms with Gasteiger partial charge in [-0.3, -0.25) is 14.6 Å². The van der Waals surface area contributed by atoms with Crippen molar-refractivity contribution in [3.63, 3.8) is 0 Å². The molecule has 5 rings (SSSR count). The third-order valence-electron chi connectivity index (χ3n) is 4.92. The van der Waals surface area contributed by atoms with Crippen LogP contribution in [0.4, 0.5) is 5.69 Å². The monoisotopic (exact) mass is 369 g/mol. The number of carbonyl (C=O) groups excluding carboxylic acids is 2. The van der Waals surface area contributed by atoms with Crippen molar-refractivity contribution < 1.29 is 9.59 Å². The van der Waals surface area contributed by atoms with Crippen LogP contribution < -0.4 is 4.90 Å². The Morgan fingerprint density at radius 3 is 2.54 bits per heavy atom. The summed E-state index contributed by atoms with van der Waals surface area (Å²) in [7, 11) is 1.77. The van der Waals surface area contributed by atoms with Gasteiger partial charge in [0.05, 0.1) is 22.2 Å². The smallest absolute Gasteiger partial charge is 0.267 e. The molecule has 0 fully saturated rings. The third kappa shape index (κ3) is 2.19. The highest BCUT2D eigenvalue weighted by molar-refractivity contribution is 6.38. The van der Waals surface area contributed by atoms with Crippen LogP contribution >= 0.6 is 0 Å². The van der Waals surface area contributed by atoms with Crippen molar-refractivity contribution in [1.29, 1.82) is 0 Å². The summed E-state index contributed by atoms with van der Waals surface area (Å²) in [6.07, 6.45) is 4.79. The average molecular weight is 369 g/mol. The van der Waals surface area contributed by atoms with Gasteiger partial charge in [-0.25, -0.2) is 14.6 Å². The number of anilines is 1. The highest BCUT2D eigenvalue weighted by atomic mass is 16.2. The van der Waals surface area contributed by atoms with Crippen molar-refractivity contribution in [2.24, 2.45) is 7.05 Å². The molecule has 1 aromatic carbocycles. The van der Waals surface area contributed by atoms with E-state index in [9.17, 15) is 9.59 Å². The van der Waals surface area contributed by atoms with E-state index in [0.717, 1.165) is 11.1 Å². The maximum atomic E-state index is 13.4. The van der Waals surface area contributed by atoms with Crippen molar-refractivity contribution >= 4 is 28.5 Å². The molecule has 0 atom stereocenters. The van der Waals surface area contributed by atoms with Gasteiger partial charge in [0.2, 0.25) is 0 Å². The average Bonchev–Trinajstić information content (AvgIpc) is 3.17. The van der Waals surface area contributed by atoms with Crippen LogP contribution in [0.15, 0.2) is 55.0 Å². The van der Waals surface area contributed by atoms with Crippen LogP contribution in [0.25, 0.3) is 22.3 Å². The van der Waals surface area contributed by atoms with Crippen LogP contribution in [-0.2, 0) is 7.05 Å². The maximum absolute atomic E-state index is 13.4. The second-order valence-electron chi connectivity index (χ2n) is 6.74. The highest BCUT2D eigenvalue weighted by Crippen LogP contribution is 2.36. The molecule has 7 nitrogen and oxygen atoms in total. The van der Waals surface area contributed by atoms with Gasteiger partial charge in [0, 0.05) is 31.2 Å². The van der Waals surface area contributed by atoms with Crippen LogP contribution in [0.1, 0.15) is 26.3 Å². The number of benzene rings is 1. The Balaban J connectivity index is 1.78. The largest absolute Gasteiger partial charge is 0.268 e. The summed E-state index contributed by atoms with van der Waals surface area (Å²) in [5.41, 5.74) is 4.13. The second-order valence-corrected chi connectivity index (χ2v) is 6.74. The summed E-state index contributed by atoms with van der Waals surface area (Å²) < 4.78 is 1.62. The predicted molar refractivity (Wildman–Crippen MR) is 104 cm³/mol. The summed E-state index contributed by atoms with van der Waals surface area (Å²) in [6, 6.07) is 11.0. The summed E-state index contributed by atoms with van der Waals surface area (Å²) in [5, 5.41) is 5.14. The Morgan fingerprint density at radius 2 is 1.79 bits per heavy atom. The number of carbonyl (C=O) groups is 2. The number of aryl methyl sites for hydroxylation is 2. The summed E-state index contributed by atoms with van der Waals surface area (Å²) in [4.78, 5) is 36.1. The Bertz CT molecular complexity index is 1280. The van der Waals surface area contributed by atoms with E-state index < -0.39 is 0 Å². The molecule has 0 bridgehead atoms. The molecule has 0 N–H and O–H groups in total. The first-order chi connectivity index (χ1) is 13.6. The van der Waals surface area contributed by atoms with Crippen LogP contribution in [0.5, 0.6) is 0 Å². The maximum Gasteiger partial charge on any atom is 0.267 e. The number of amides is 2. The zero-order chi connectivity index (χ0) is 19.4.